The van der Waals surface area contributed by atoms with Crippen LogP contribution in [0.15, 0.2) is 48.5 Å². The van der Waals surface area contributed by atoms with Crippen molar-refractivity contribution in [3.8, 4) is 16.9 Å². The van der Waals surface area contributed by atoms with E-state index in [-0.39, 0.29) is 0 Å². The van der Waals surface area contributed by atoms with Gasteiger partial charge in [0, 0.05) is 5.56 Å². The molecule has 0 amide bonds. The van der Waals surface area contributed by atoms with Crippen molar-refractivity contribution in [2.45, 2.75) is 13.3 Å². The highest BCUT2D eigenvalue weighted by Crippen LogP contribution is 2.29. The van der Waals surface area contributed by atoms with Crippen LogP contribution in [-0.4, -0.2) is 11.9 Å². The zero-order valence-electron chi connectivity index (χ0n) is 9.89. The van der Waals surface area contributed by atoms with Gasteiger partial charge in [-0.1, -0.05) is 49.4 Å². The molecule has 0 aliphatic carbocycles. The minimum atomic E-state index is 0.388. The van der Waals surface area contributed by atoms with E-state index in [1.54, 1.807) is 6.07 Å². The Labute approximate surface area is 102 Å². The zero-order chi connectivity index (χ0) is 12.7. The molecule has 2 aromatic rings. The van der Waals surface area contributed by atoms with Crippen molar-refractivity contribution in [2.75, 3.05) is 0 Å². The van der Waals surface area contributed by atoms with Crippen LogP contribution in [0.4, 0.5) is 0 Å². The van der Waals surface area contributed by atoms with Gasteiger partial charge in [-0.05, 0) is 23.6 Å². The standard InChI is InChI=1S/C14H14O.CH2O/c1-2-12-13(9-6-10-14(12)15)11-7-4-3-5-8-11;1-2/h3-10,15H,2H2,1H3;1H2. The van der Waals surface area contributed by atoms with E-state index < -0.39 is 0 Å². The second kappa shape index (κ2) is 6.48. The third kappa shape index (κ3) is 2.94. The number of hydrogen-bond acceptors (Lipinski definition) is 2. The van der Waals surface area contributed by atoms with Gasteiger partial charge < -0.3 is 9.90 Å². The molecule has 17 heavy (non-hydrogen) atoms. The van der Waals surface area contributed by atoms with Gasteiger partial charge in [-0.2, -0.15) is 0 Å². The average Bonchev–Trinajstić information content (AvgIpc) is 2.42. The third-order valence-corrected chi connectivity index (χ3v) is 2.59. The first-order valence-electron chi connectivity index (χ1n) is 5.48. The molecule has 2 rings (SSSR count). The third-order valence-electron chi connectivity index (χ3n) is 2.59. The molecule has 0 unspecified atom stereocenters. The van der Waals surface area contributed by atoms with E-state index in [0.29, 0.717) is 5.75 Å². The molecule has 2 heteroatoms. The molecular formula is C15H16O2. The van der Waals surface area contributed by atoms with E-state index in [9.17, 15) is 5.11 Å². The summed E-state index contributed by atoms with van der Waals surface area (Å²) in [5.41, 5.74) is 3.30. The van der Waals surface area contributed by atoms with Crippen LogP contribution < -0.4 is 0 Å². The van der Waals surface area contributed by atoms with Gasteiger partial charge in [-0.3, -0.25) is 0 Å². The van der Waals surface area contributed by atoms with Crippen molar-refractivity contribution >= 4 is 6.79 Å². The lowest BCUT2D eigenvalue weighted by Crippen LogP contribution is -1.87. The molecular weight excluding hydrogens is 212 g/mol. The lowest BCUT2D eigenvalue weighted by atomic mass is 9.97. The summed E-state index contributed by atoms with van der Waals surface area (Å²) in [7, 11) is 0. The highest BCUT2D eigenvalue weighted by molar-refractivity contribution is 5.69. The first-order chi connectivity index (χ1) is 8.33. The van der Waals surface area contributed by atoms with Gasteiger partial charge in [0.15, 0.2) is 0 Å². The molecule has 0 spiro atoms. The quantitative estimate of drug-likeness (QED) is 0.855. The number of phenols is 1. The maximum Gasteiger partial charge on any atom is 0.119 e. The van der Waals surface area contributed by atoms with Crippen LogP contribution in [0.5, 0.6) is 5.75 Å². The Hall–Kier alpha value is -2.09. The van der Waals surface area contributed by atoms with Crippen molar-refractivity contribution in [2.24, 2.45) is 0 Å². The van der Waals surface area contributed by atoms with Crippen LogP contribution in [0.3, 0.4) is 0 Å². The second-order valence-electron chi connectivity index (χ2n) is 3.52. The summed E-state index contributed by atoms with van der Waals surface area (Å²) in [6.07, 6.45) is 0.844. The van der Waals surface area contributed by atoms with Crippen LogP contribution in [0.2, 0.25) is 0 Å². The van der Waals surface area contributed by atoms with E-state index in [2.05, 4.69) is 19.1 Å². The van der Waals surface area contributed by atoms with Crippen LogP contribution in [0.1, 0.15) is 12.5 Å². The molecule has 0 saturated heterocycles. The summed E-state index contributed by atoms with van der Waals surface area (Å²) in [4.78, 5) is 8.00. The van der Waals surface area contributed by atoms with Gasteiger partial charge in [0.25, 0.3) is 0 Å². The lowest BCUT2D eigenvalue weighted by molar-refractivity contribution is -0.0979. The summed E-state index contributed by atoms with van der Waals surface area (Å²) >= 11 is 0. The Balaban J connectivity index is 0.000000686. The summed E-state index contributed by atoms with van der Waals surface area (Å²) in [6.45, 7) is 4.06. The first-order valence-corrected chi connectivity index (χ1v) is 5.48. The van der Waals surface area contributed by atoms with Gasteiger partial charge in [0.05, 0.1) is 0 Å². The first kappa shape index (κ1) is 13.0. The minimum absolute atomic E-state index is 0.388. The molecule has 0 aliphatic rings. The summed E-state index contributed by atoms with van der Waals surface area (Å²) < 4.78 is 0. The van der Waals surface area contributed by atoms with Crippen LogP contribution in [0, 0.1) is 0 Å². The molecule has 1 N–H and O–H groups in total. The highest BCUT2D eigenvalue weighted by atomic mass is 16.3. The topological polar surface area (TPSA) is 37.3 Å². The van der Waals surface area contributed by atoms with Crippen molar-refractivity contribution in [3.05, 3.63) is 54.1 Å². The number of rotatable bonds is 2. The van der Waals surface area contributed by atoms with Crippen molar-refractivity contribution in [1.29, 1.82) is 0 Å². The number of carbonyl (C=O) groups excluding carboxylic acids is 1. The van der Waals surface area contributed by atoms with E-state index >= 15 is 0 Å². The molecule has 88 valence electrons. The fourth-order valence-electron chi connectivity index (χ4n) is 1.83. The predicted octanol–water partition coefficient (Wildman–Crippen LogP) is 3.44. The van der Waals surface area contributed by atoms with Crippen molar-refractivity contribution in [1.82, 2.24) is 0 Å². The summed E-state index contributed by atoms with van der Waals surface area (Å²) in [5, 5.41) is 9.75. The Bertz CT molecular complexity index is 464. The number of phenolic OH excluding ortho intramolecular Hbond substituents is 1. The number of benzene rings is 2. The van der Waals surface area contributed by atoms with Gasteiger partial charge in [-0.25, -0.2) is 0 Å². The molecule has 0 saturated carbocycles. The highest BCUT2D eigenvalue weighted by Gasteiger charge is 2.06. The van der Waals surface area contributed by atoms with E-state index in [0.717, 1.165) is 23.1 Å². The molecule has 0 aromatic heterocycles. The molecule has 0 fully saturated rings. The zero-order valence-corrected chi connectivity index (χ0v) is 9.89. The summed E-state index contributed by atoms with van der Waals surface area (Å²) in [5.74, 6) is 0.388. The SMILES string of the molecule is C=O.CCc1c(O)cccc1-c1ccccc1. The molecule has 0 heterocycles. The van der Waals surface area contributed by atoms with Crippen LogP contribution in [-0.2, 0) is 11.2 Å². The largest absolute Gasteiger partial charge is 0.508 e. The lowest BCUT2D eigenvalue weighted by Gasteiger charge is -2.09. The fraction of sp³-hybridized carbons (Fsp3) is 0.133. The van der Waals surface area contributed by atoms with Crippen LogP contribution >= 0.6 is 0 Å². The Morgan fingerprint density at radius 2 is 1.65 bits per heavy atom. The average molecular weight is 228 g/mol. The number of carbonyl (C=O) groups is 1. The number of aromatic hydroxyl groups is 1. The molecule has 0 bridgehead atoms. The van der Waals surface area contributed by atoms with E-state index in [1.165, 1.54) is 0 Å². The molecule has 2 aromatic carbocycles. The smallest absolute Gasteiger partial charge is 0.119 e. The minimum Gasteiger partial charge on any atom is -0.508 e. The van der Waals surface area contributed by atoms with Crippen molar-refractivity contribution < 1.29 is 9.90 Å². The van der Waals surface area contributed by atoms with Gasteiger partial charge in [-0.15, -0.1) is 0 Å². The maximum absolute atomic E-state index is 9.75. The maximum atomic E-state index is 9.75. The predicted molar refractivity (Wildman–Crippen MR) is 70.0 cm³/mol. The van der Waals surface area contributed by atoms with Crippen LogP contribution in [0.25, 0.3) is 11.1 Å². The molecule has 2 nitrogen and oxygen atoms in total. The normalized spacial score (nSPS) is 9.24. The second-order valence-corrected chi connectivity index (χ2v) is 3.52. The monoisotopic (exact) mass is 228 g/mol. The molecule has 0 radical (unpaired) electrons. The Morgan fingerprint density at radius 3 is 2.24 bits per heavy atom. The summed E-state index contributed by atoms with van der Waals surface area (Å²) in [6, 6.07) is 15.8. The van der Waals surface area contributed by atoms with Crippen molar-refractivity contribution in [3.63, 3.8) is 0 Å². The molecule has 0 aliphatic heterocycles. The van der Waals surface area contributed by atoms with E-state index in [1.807, 2.05) is 37.1 Å². The molecule has 0 atom stereocenters. The number of hydrogen-bond donors (Lipinski definition) is 1. The fourth-order valence-corrected chi connectivity index (χ4v) is 1.83. The van der Waals surface area contributed by atoms with Gasteiger partial charge >= 0.3 is 0 Å². The van der Waals surface area contributed by atoms with Gasteiger partial charge in [0.1, 0.15) is 12.5 Å². The Kier molecular flexibility index (Phi) is 4.95. The van der Waals surface area contributed by atoms with Gasteiger partial charge in [0.2, 0.25) is 0 Å². The van der Waals surface area contributed by atoms with E-state index in [4.69, 9.17) is 4.79 Å². The Morgan fingerprint density at radius 1 is 1.00 bits per heavy atom.